The second-order valence-electron chi connectivity index (χ2n) is 5.10. The molecule has 20 heavy (non-hydrogen) atoms. The zero-order valence-electron chi connectivity index (χ0n) is 11.0. The number of rotatable bonds is 3. The van der Waals surface area contributed by atoms with E-state index in [2.05, 4.69) is 0 Å². The number of hydrogen-bond donors (Lipinski definition) is 1. The summed E-state index contributed by atoms with van der Waals surface area (Å²) in [5.74, 6) is 1.05. The highest BCUT2D eigenvalue weighted by Crippen LogP contribution is 2.46. The van der Waals surface area contributed by atoms with Gasteiger partial charge in [-0.25, -0.2) is 0 Å². The van der Waals surface area contributed by atoms with Gasteiger partial charge in [0.25, 0.3) is 0 Å². The molecule has 2 heterocycles. The Hall–Kier alpha value is -1.43. The predicted octanol–water partition coefficient (Wildman–Crippen LogP) is 2.16. The van der Waals surface area contributed by atoms with Gasteiger partial charge in [0.2, 0.25) is 0 Å². The Balaban J connectivity index is 2.16. The van der Waals surface area contributed by atoms with Gasteiger partial charge in [0.1, 0.15) is 11.5 Å². The highest BCUT2D eigenvalue weighted by Gasteiger charge is 2.37. The molecule has 0 spiro atoms. The summed E-state index contributed by atoms with van der Waals surface area (Å²) in [7, 11) is 0. The molecule has 0 atom stereocenters. The first-order chi connectivity index (χ1) is 9.51. The minimum atomic E-state index is -4.24. The lowest BCUT2D eigenvalue weighted by atomic mass is 9.91. The van der Waals surface area contributed by atoms with Gasteiger partial charge in [0.05, 0.1) is 19.6 Å². The SMILES string of the molecule is NCCc1c2c(c(CC(F)(F)F)c3c1OCC3)OCC2. The van der Waals surface area contributed by atoms with Crippen LogP contribution in [-0.2, 0) is 25.7 Å². The fourth-order valence-electron chi connectivity index (χ4n) is 3.10. The van der Waals surface area contributed by atoms with Crippen molar-refractivity contribution in [2.24, 2.45) is 5.73 Å². The topological polar surface area (TPSA) is 44.5 Å². The highest BCUT2D eigenvalue weighted by molar-refractivity contribution is 5.62. The van der Waals surface area contributed by atoms with E-state index in [1.165, 1.54) is 0 Å². The van der Waals surface area contributed by atoms with Gasteiger partial charge < -0.3 is 15.2 Å². The molecule has 2 N–H and O–H groups in total. The molecular weight excluding hydrogens is 271 g/mol. The number of nitrogens with two attached hydrogens (primary N) is 1. The Morgan fingerprint density at radius 2 is 1.50 bits per heavy atom. The largest absolute Gasteiger partial charge is 0.493 e. The summed E-state index contributed by atoms with van der Waals surface area (Å²) in [5, 5.41) is 0. The summed E-state index contributed by atoms with van der Waals surface area (Å²) < 4.78 is 49.5. The van der Waals surface area contributed by atoms with E-state index in [9.17, 15) is 13.2 Å². The summed E-state index contributed by atoms with van der Waals surface area (Å²) in [6.45, 7) is 1.31. The Morgan fingerprint density at radius 1 is 0.950 bits per heavy atom. The van der Waals surface area contributed by atoms with Gasteiger partial charge in [-0.1, -0.05) is 0 Å². The molecule has 3 rings (SSSR count). The summed E-state index contributed by atoms with van der Waals surface area (Å²) in [4.78, 5) is 0. The monoisotopic (exact) mass is 287 g/mol. The fourth-order valence-corrected chi connectivity index (χ4v) is 3.10. The van der Waals surface area contributed by atoms with E-state index in [1.54, 1.807) is 0 Å². The maximum Gasteiger partial charge on any atom is 0.393 e. The van der Waals surface area contributed by atoms with Crippen LogP contribution in [0.25, 0.3) is 0 Å². The average Bonchev–Trinajstić information content (AvgIpc) is 3.00. The van der Waals surface area contributed by atoms with Crippen LogP contribution in [0.15, 0.2) is 0 Å². The third-order valence-electron chi connectivity index (χ3n) is 3.79. The molecule has 0 aliphatic carbocycles. The molecular formula is C14H16F3NO2. The highest BCUT2D eigenvalue weighted by atomic mass is 19.4. The standard InChI is InChI=1S/C14H16F3NO2/c15-14(16,17)7-11-10-3-6-19-12(10)8(1-4-18)9-2-5-20-13(9)11/h1-7,18H2. The summed E-state index contributed by atoms with van der Waals surface area (Å²) in [6, 6.07) is 0. The quantitative estimate of drug-likeness (QED) is 0.926. The summed E-state index contributed by atoms with van der Waals surface area (Å²) in [5.41, 5.74) is 8.33. The lowest BCUT2D eigenvalue weighted by Gasteiger charge is -2.18. The van der Waals surface area contributed by atoms with Crippen LogP contribution in [0.3, 0.4) is 0 Å². The van der Waals surface area contributed by atoms with Crippen molar-refractivity contribution in [1.29, 1.82) is 0 Å². The molecule has 0 bridgehead atoms. The number of benzene rings is 1. The van der Waals surface area contributed by atoms with Crippen LogP contribution >= 0.6 is 0 Å². The molecule has 0 aromatic heterocycles. The Kier molecular flexibility index (Phi) is 3.28. The molecule has 1 aromatic carbocycles. The van der Waals surface area contributed by atoms with Gasteiger partial charge in [0.15, 0.2) is 0 Å². The Labute approximate surface area is 114 Å². The van der Waals surface area contributed by atoms with Crippen LogP contribution in [0.5, 0.6) is 11.5 Å². The van der Waals surface area contributed by atoms with Crippen molar-refractivity contribution in [3.05, 3.63) is 22.3 Å². The molecule has 0 saturated heterocycles. The average molecular weight is 287 g/mol. The number of alkyl halides is 3. The van der Waals surface area contributed by atoms with Crippen LogP contribution in [-0.4, -0.2) is 25.9 Å². The van der Waals surface area contributed by atoms with Crippen LogP contribution in [0, 0.1) is 0 Å². The van der Waals surface area contributed by atoms with Gasteiger partial charge in [-0.15, -0.1) is 0 Å². The van der Waals surface area contributed by atoms with E-state index in [-0.39, 0.29) is 5.56 Å². The van der Waals surface area contributed by atoms with E-state index in [4.69, 9.17) is 15.2 Å². The maximum absolute atomic E-state index is 12.8. The minimum Gasteiger partial charge on any atom is -0.493 e. The van der Waals surface area contributed by atoms with E-state index in [0.29, 0.717) is 56.1 Å². The number of ether oxygens (including phenoxy) is 2. The zero-order chi connectivity index (χ0) is 14.3. The first kappa shape index (κ1) is 13.5. The van der Waals surface area contributed by atoms with Crippen molar-refractivity contribution < 1.29 is 22.6 Å². The molecule has 0 saturated carbocycles. The third-order valence-corrected chi connectivity index (χ3v) is 3.79. The number of fused-ring (bicyclic) bond motifs is 2. The number of hydrogen-bond acceptors (Lipinski definition) is 3. The molecule has 2 aliphatic rings. The third kappa shape index (κ3) is 2.22. The minimum absolute atomic E-state index is 0.262. The second-order valence-corrected chi connectivity index (χ2v) is 5.10. The van der Waals surface area contributed by atoms with Crippen LogP contribution < -0.4 is 15.2 Å². The predicted molar refractivity (Wildman–Crippen MR) is 67.4 cm³/mol. The summed E-state index contributed by atoms with van der Waals surface area (Å²) >= 11 is 0. The van der Waals surface area contributed by atoms with Crippen molar-refractivity contribution in [3.63, 3.8) is 0 Å². The van der Waals surface area contributed by atoms with Gasteiger partial charge in [0, 0.05) is 35.1 Å². The van der Waals surface area contributed by atoms with Crippen molar-refractivity contribution >= 4 is 0 Å². The van der Waals surface area contributed by atoms with Crippen LogP contribution in [0.2, 0.25) is 0 Å². The Morgan fingerprint density at radius 3 is 2.05 bits per heavy atom. The fraction of sp³-hybridized carbons (Fsp3) is 0.571. The molecule has 1 aromatic rings. The zero-order valence-corrected chi connectivity index (χ0v) is 11.0. The second kappa shape index (κ2) is 4.84. The van der Waals surface area contributed by atoms with Gasteiger partial charge >= 0.3 is 6.18 Å². The summed E-state index contributed by atoms with van der Waals surface area (Å²) in [6.07, 6.45) is -3.45. The molecule has 0 radical (unpaired) electrons. The molecule has 0 amide bonds. The first-order valence-corrected chi connectivity index (χ1v) is 6.73. The van der Waals surface area contributed by atoms with E-state index in [0.717, 1.165) is 11.1 Å². The van der Waals surface area contributed by atoms with Crippen molar-refractivity contribution in [2.45, 2.75) is 31.9 Å². The van der Waals surface area contributed by atoms with Crippen molar-refractivity contribution in [3.8, 4) is 11.5 Å². The molecule has 3 nitrogen and oxygen atoms in total. The molecule has 110 valence electrons. The van der Waals surface area contributed by atoms with Gasteiger partial charge in [-0.05, 0) is 13.0 Å². The lowest BCUT2D eigenvalue weighted by molar-refractivity contribution is -0.127. The van der Waals surface area contributed by atoms with Crippen LogP contribution in [0.1, 0.15) is 22.3 Å². The van der Waals surface area contributed by atoms with E-state index in [1.807, 2.05) is 0 Å². The lowest BCUT2D eigenvalue weighted by Crippen LogP contribution is -2.15. The maximum atomic E-state index is 12.8. The smallest absolute Gasteiger partial charge is 0.393 e. The van der Waals surface area contributed by atoms with Crippen LogP contribution in [0.4, 0.5) is 13.2 Å². The number of halogens is 3. The molecule has 2 aliphatic heterocycles. The van der Waals surface area contributed by atoms with Gasteiger partial charge in [-0.3, -0.25) is 0 Å². The molecule has 6 heteroatoms. The van der Waals surface area contributed by atoms with Gasteiger partial charge in [-0.2, -0.15) is 13.2 Å². The van der Waals surface area contributed by atoms with E-state index >= 15 is 0 Å². The van der Waals surface area contributed by atoms with Crippen molar-refractivity contribution in [1.82, 2.24) is 0 Å². The van der Waals surface area contributed by atoms with E-state index < -0.39 is 12.6 Å². The van der Waals surface area contributed by atoms with Crippen molar-refractivity contribution in [2.75, 3.05) is 19.8 Å². The Bertz CT molecular complexity index is 505. The molecule has 0 unspecified atom stereocenters. The first-order valence-electron chi connectivity index (χ1n) is 6.73. The normalized spacial score (nSPS) is 16.6. The molecule has 0 fully saturated rings.